The van der Waals surface area contributed by atoms with Crippen molar-refractivity contribution in [1.29, 1.82) is 0 Å². The number of nitrogens with one attached hydrogen (secondary N) is 1. The molecular weight excluding hydrogens is 320 g/mol. The van der Waals surface area contributed by atoms with Gasteiger partial charge in [0, 0.05) is 18.3 Å². The maximum atomic E-state index is 12.2. The topological polar surface area (TPSA) is 90.1 Å². The summed E-state index contributed by atoms with van der Waals surface area (Å²) >= 11 is 0. The molecule has 0 atom stereocenters. The van der Waals surface area contributed by atoms with E-state index in [1.54, 1.807) is 30.1 Å². The van der Waals surface area contributed by atoms with Gasteiger partial charge >= 0.3 is 0 Å². The van der Waals surface area contributed by atoms with E-state index in [0.29, 0.717) is 5.69 Å². The maximum absolute atomic E-state index is 12.2. The molecule has 0 spiro atoms. The zero-order chi connectivity index (χ0) is 17.8. The maximum Gasteiger partial charge on any atom is 0.271 e. The Bertz CT molecular complexity index is 919. The van der Waals surface area contributed by atoms with Gasteiger partial charge in [-0.05, 0) is 30.2 Å². The van der Waals surface area contributed by atoms with Crippen LogP contribution in [-0.4, -0.2) is 20.6 Å². The Morgan fingerprint density at radius 2 is 2.00 bits per heavy atom. The van der Waals surface area contributed by atoms with Gasteiger partial charge in [-0.3, -0.25) is 14.9 Å². The molecule has 0 aliphatic rings. The molecule has 0 unspecified atom stereocenters. The number of hydrogen-bond donors (Lipinski definition) is 1. The molecule has 7 heteroatoms. The average molecular weight is 336 g/mol. The number of amides is 1. The van der Waals surface area contributed by atoms with E-state index in [-0.39, 0.29) is 18.0 Å². The quantitative estimate of drug-likeness (QED) is 0.572. The predicted octanol–water partition coefficient (Wildman–Crippen LogP) is 3.27. The van der Waals surface area contributed by atoms with Crippen LogP contribution in [0.1, 0.15) is 11.1 Å². The van der Waals surface area contributed by atoms with Crippen molar-refractivity contribution in [2.24, 2.45) is 0 Å². The molecule has 25 heavy (non-hydrogen) atoms. The summed E-state index contributed by atoms with van der Waals surface area (Å²) in [6, 6.07) is 14.0. The zero-order valence-corrected chi connectivity index (χ0v) is 13.5. The Hall–Kier alpha value is -3.48. The number of aryl methyl sites for hydroxylation is 1. The first-order valence-electron chi connectivity index (χ1n) is 7.67. The molecule has 3 rings (SSSR count). The van der Waals surface area contributed by atoms with Gasteiger partial charge < -0.3 is 5.32 Å². The van der Waals surface area contributed by atoms with E-state index >= 15 is 0 Å². The molecule has 0 aliphatic heterocycles. The van der Waals surface area contributed by atoms with Gasteiger partial charge in [-0.25, -0.2) is 4.68 Å². The van der Waals surface area contributed by atoms with E-state index in [1.807, 2.05) is 30.3 Å². The van der Waals surface area contributed by atoms with Gasteiger partial charge in [0.2, 0.25) is 5.91 Å². The van der Waals surface area contributed by atoms with Crippen LogP contribution in [0.2, 0.25) is 0 Å². The molecule has 0 fully saturated rings. The summed E-state index contributed by atoms with van der Waals surface area (Å²) in [5, 5.41) is 17.8. The summed E-state index contributed by atoms with van der Waals surface area (Å²) < 4.78 is 1.70. The van der Waals surface area contributed by atoms with Crippen LogP contribution < -0.4 is 5.32 Å². The van der Waals surface area contributed by atoms with E-state index in [2.05, 4.69) is 10.4 Å². The summed E-state index contributed by atoms with van der Waals surface area (Å²) in [7, 11) is 0. The van der Waals surface area contributed by atoms with Crippen molar-refractivity contribution in [1.82, 2.24) is 9.78 Å². The highest BCUT2D eigenvalue weighted by atomic mass is 16.6. The molecule has 2 aromatic carbocycles. The lowest BCUT2D eigenvalue weighted by atomic mass is 10.1. The Labute approximate surface area is 144 Å². The number of nitro groups is 1. The van der Waals surface area contributed by atoms with Crippen LogP contribution in [0.3, 0.4) is 0 Å². The van der Waals surface area contributed by atoms with Crippen LogP contribution in [0.5, 0.6) is 0 Å². The number of aromatic nitrogens is 2. The van der Waals surface area contributed by atoms with Gasteiger partial charge in [0.1, 0.15) is 0 Å². The number of benzene rings is 2. The van der Waals surface area contributed by atoms with Crippen LogP contribution in [0, 0.1) is 17.0 Å². The second-order valence-corrected chi connectivity index (χ2v) is 5.61. The highest BCUT2D eigenvalue weighted by Gasteiger charge is 2.12. The smallest absolute Gasteiger partial charge is 0.271 e. The Kier molecular flexibility index (Phi) is 4.56. The van der Waals surface area contributed by atoms with Crippen molar-refractivity contribution in [2.45, 2.75) is 13.3 Å². The fourth-order valence-electron chi connectivity index (χ4n) is 2.41. The fraction of sp³-hybridized carbons (Fsp3) is 0.111. The number of rotatable bonds is 5. The minimum Gasteiger partial charge on any atom is -0.325 e. The highest BCUT2D eigenvalue weighted by molar-refractivity contribution is 5.93. The highest BCUT2D eigenvalue weighted by Crippen LogP contribution is 2.22. The van der Waals surface area contributed by atoms with Crippen LogP contribution in [0.4, 0.5) is 11.4 Å². The van der Waals surface area contributed by atoms with Crippen molar-refractivity contribution in [3.8, 4) is 5.69 Å². The fourth-order valence-corrected chi connectivity index (χ4v) is 2.41. The summed E-state index contributed by atoms with van der Waals surface area (Å²) in [5.74, 6) is -0.254. The SMILES string of the molecule is Cc1ccc([N+](=O)[O-])cc1NC(=O)Cc1cnn(-c2ccccc2)c1. The summed E-state index contributed by atoms with van der Waals surface area (Å²) in [5.41, 5.74) is 2.81. The molecular formula is C18H16N4O3. The summed E-state index contributed by atoms with van der Waals surface area (Å²) in [6.07, 6.45) is 3.55. The van der Waals surface area contributed by atoms with Gasteiger partial charge in [0.15, 0.2) is 0 Å². The third-order valence-corrected chi connectivity index (χ3v) is 3.73. The minimum absolute atomic E-state index is 0.0576. The molecule has 3 aromatic rings. The number of hydrogen-bond acceptors (Lipinski definition) is 4. The molecule has 0 bridgehead atoms. The lowest BCUT2D eigenvalue weighted by Gasteiger charge is -2.07. The second-order valence-electron chi connectivity index (χ2n) is 5.61. The van der Waals surface area contributed by atoms with E-state index in [1.165, 1.54) is 12.1 Å². The molecule has 1 N–H and O–H groups in total. The largest absolute Gasteiger partial charge is 0.325 e. The molecule has 0 saturated carbocycles. The standard InChI is InChI=1S/C18H16N4O3/c1-13-7-8-16(22(24)25)10-17(13)20-18(23)9-14-11-19-21(12-14)15-5-3-2-4-6-15/h2-8,10-12H,9H2,1H3,(H,20,23). The number of non-ortho nitro benzene ring substituents is 1. The van der Waals surface area contributed by atoms with E-state index in [9.17, 15) is 14.9 Å². The zero-order valence-electron chi connectivity index (χ0n) is 13.5. The van der Waals surface area contributed by atoms with E-state index in [0.717, 1.165) is 16.8 Å². The van der Waals surface area contributed by atoms with Crippen molar-refractivity contribution in [3.05, 3.63) is 82.2 Å². The summed E-state index contributed by atoms with van der Waals surface area (Å²) in [4.78, 5) is 22.6. The lowest BCUT2D eigenvalue weighted by molar-refractivity contribution is -0.384. The molecule has 0 aliphatic carbocycles. The van der Waals surface area contributed by atoms with Crippen molar-refractivity contribution in [3.63, 3.8) is 0 Å². The van der Waals surface area contributed by atoms with Gasteiger partial charge in [-0.15, -0.1) is 0 Å². The van der Waals surface area contributed by atoms with Crippen LogP contribution in [-0.2, 0) is 11.2 Å². The van der Waals surface area contributed by atoms with E-state index in [4.69, 9.17) is 0 Å². The van der Waals surface area contributed by atoms with Crippen molar-refractivity contribution in [2.75, 3.05) is 5.32 Å². The first kappa shape index (κ1) is 16.4. The Morgan fingerprint density at radius 3 is 2.72 bits per heavy atom. The van der Waals surface area contributed by atoms with Gasteiger partial charge in [-0.1, -0.05) is 24.3 Å². The van der Waals surface area contributed by atoms with Crippen molar-refractivity contribution >= 4 is 17.3 Å². The number of nitrogens with zero attached hydrogens (tertiary/aromatic N) is 3. The van der Waals surface area contributed by atoms with Crippen molar-refractivity contribution < 1.29 is 9.72 Å². The first-order chi connectivity index (χ1) is 12.0. The molecule has 7 nitrogen and oxygen atoms in total. The normalized spacial score (nSPS) is 10.4. The molecule has 1 amide bonds. The third-order valence-electron chi connectivity index (χ3n) is 3.73. The molecule has 0 radical (unpaired) electrons. The first-order valence-corrected chi connectivity index (χ1v) is 7.67. The molecule has 0 saturated heterocycles. The Balaban J connectivity index is 1.70. The van der Waals surface area contributed by atoms with Crippen LogP contribution >= 0.6 is 0 Å². The molecule has 1 aromatic heterocycles. The Morgan fingerprint density at radius 1 is 1.24 bits per heavy atom. The molecule has 1 heterocycles. The number of nitro benzene ring substituents is 1. The van der Waals surface area contributed by atoms with Gasteiger partial charge in [0.25, 0.3) is 5.69 Å². The number of para-hydroxylation sites is 1. The third kappa shape index (κ3) is 3.89. The van der Waals surface area contributed by atoms with E-state index < -0.39 is 4.92 Å². The monoisotopic (exact) mass is 336 g/mol. The lowest BCUT2D eigenvalue weighted by Crippen LogP contribution is -2.15. The average Bonchev–Trinajstić information content (AvgIpc) is 3.06. The number of anilines is 1. The number of carbonyl (C=O) groups excluding carboxylic acids is 1. The minimum atomic E-state index is -0.487. The van der Waals surface area contributed by atoms with Gasteiger partial charge in [0.05, 0.1) is 28.9 Å². The van der Waals surface area contributed by atoms with Crippen LogP contribution in [0.15, 0.2) is 60.9 Å². The molecule has 126 valence electrons. The summed E-state index contributed by atoms with van der Waals surface area (Å²) in [6.45, 7) is 1.78. The second kappa shape index (κ2) is 6.96. The van der Waals surface area contributed by atoms with Crippen LogP contribution in [0.25, 0.3) is 5.69 Å². The number of carbonyl (C=O) groups is 1. The predicted molar refractivity (Wildman–Crippen MR) is 93.7 cm³/mol. The van der Waals surface area contributed by atoms with Gasteiger partial charge in [-0.2, -0.15) is 5.10 Å².